The summed E-state index contributed by atoms with van der Waals surface area (Å²) in [6.45, 7) is 1.98. The highest BCUT2D eigenvalue weighted by atomic mass is 32.2. The van der Waals surface area contributed by atoms with Crippen molar-refractivity contribution in [1.82, 2.24) is 19.7 Å². The minimum atomic E-state index is -3.21. The first kappa shape index (κ1) is 21.3. The molecule has 1 unspecified atom stereocenters. The molecular formula is C22H25N5O3S. The van der Waals surface area contributed by atoms with E-state index >= 15 is 0 Å². The second-order valence-electron chi connectivity index (χ2n) is 7.94. The van der Waals surface area contributed by atoms with Crippen LogP contribution in [0, 0.1) is 5.92 Å². The predicted molar refractivity (Wildman–Crippen MR) is 120 cm³/mol. The standard InChI is InChI=1S/C22H25N5O3S/c1-31(29,30)26-13-17-5-4-10-27(14-17)22-18-11-16(7-8-19(18)24-15-25-22)12-21(28)20-6-2-3-9-23-20/h2-3,6-9,11,15,17,26H,4-5,10,12-14H2,1H3. The minimum Gasteiger partial charge on any atom is -0.356 e. The number of hydrogen-bond donors (Lipinski definition) is 1. The number of nitrogens with zero attached hydrogens (tertiary/aromatic N) is 4. The molecule has 1 atom stereocenters. The lowest BCUT2D eigenvalue weighted by Gasteiger charge is -2.34. The lowest BCUT2D eigenvalue weighted by Crippen LogP contribution is -2.41. The van der Waals surface area contributed by atoms with Gasteiger partial charge in [-0.15, -0.1) is 0 Å². The Labute approximate surface area is 181 Å². The highest BCUT2D eigenvalue weighted by molar-refractivity contribution is 7.88. The smallest absolute Gasteiger partial charge is 0.208 e. The van der Waals surface area contributed by atoms with Crippen molar-refractivity contribution in [2.75, 3.05) is 30.8 Å². The number of Topliss-reactive ketones (excluding diaryl/α,β-unsaturated/α-hetero) is 1. The van der Waals surface area contributed by atoms with Gasteiger partial charge < -0.3 is 4.90 Å². The van der Waals surface area contributed by atoms with Crippen LogP contribution in [0.2, 0.25) is 0 Å². The molecule has 0 radical (unpaired) electrons. The van der Waals surface area contributed by atoms with Gasteiger partial charge in [0.1, 0.15) is 17.8 Å². The maximum atomic E-state index is 12.6. The van der Waals surface area contributed by atoms with Gasteiger partial charge >= 0.3 is 0 Å². The Bertz CT molecular complexity index is 1180. The predicted octanol–water partition coefficient (Wildman–Crippen LogP) is 2.22. The molecule has 0 aliphatic carbocycles. The Kier molecular flexibility index (Phi) is 6.24. The van der Waals surface area contributed by atoms with Gasteiger partial charge in [0.05, 0.1) is 11.8 Å². The molecule has 1 aromatic carbocycles. The van der Waals surface area contributed by atoms with Gasteiger partial charge in [-0.1, -0.05) is 12.1 Å². The molecule has 2 aromatic heterocycles. The van der Waals surface area contributed by atoms with Crippen LogP contribution in [-0.4, -0.2) is 55.0 Å². The van der Waals surface area contributed by atoms with E-state index in [1.807, 2.05) is 18.2 Å². The van der Waals surface area contributed by atoms with Crippen LogP contribution in [0.4, 0.5) is 5.82 Å². The van der Waals surface area contributed by atoms with Crippen molar-refractivity contribution in [3.63, 3.8) is 0 Å². The van der Waals surface area contributed by atoms with Gasteiger partial charge in [-0.2, -0.15) is 0 Å². The van der Waals surface area contributed by atoms with Gasteiger partial charge in [0.25, 0.3) is 0 Å². The number of sulfonamides is 1. The van der Waals surface area contributed by atoms with E-state index in [1.165, 1.54) is 6.26 Å². The van der Waals surface area contributed by atoms with Gasteiger partial charge in [0.2, 0.25) is 10.0 Å². The fourth-order valence-electron chi connectivity index (χ4n) is 3.95. The van der Waals surface area contributed by atoms with Gasteiger partial charge in [-0.05, 0) is 48.6 Å². The molecule has 0 spiro atoms. The molecule has 31 heavy (non-hydrogen) atoms. The van der Waals surface area contributed by atoms with Gasteiger partial charge in [-0.3, -0.25) is 9.78 Å². The third kappa shape index (κ3) is 5.42. The monoisotopic (exact) mass is 439 g/mol. The molecule has 4 rings (SSSR count). The average Bonchev–Trinajstić information content (AvgIpc) is 2.77. The summed E-state index contributed by atoms with van der Waals surface area (Å²) in [4.78, 5) is 27.8. The highest BCUT2D eigenvalue weighted by Crippen LogP contribution is 2.28. The van der Waals surface area contributed by atoms with Crippen LogP contribution in [0.15, 0.2) is 48.9 Å². The highest BCUT2D eigenvalue weighted by Gasteiger charge is 2.23. The van der Waals surface area contributed by atoms with Crippen molar-refractivity contribution in [2.24, 2.45) is 5.92 Å². The Morgan fingerprint density at radius 2 is 2.06 bits per heavy atom. The second-order valence-corrected chi connectivity index (χ2v) is 9.77. The van der Waals surface area contributed by atoms with Crippen molar-refractivity contribution in [1.29, 1.82) is 0 Å². The molecule has 1 aliphatic heterocycles. The summed E-state index contributed by atoms with van der Waals surface area (Å²) in [6.07, 6.45) is 6.52. The van der Waals surface area contributed by atoms with E-state index in [9.17, 15) is 13.2 Å². The average molecular weight is 440 g/mol. The molecule has 0 amide bonds. The van der Waals surface area contributed by atoms with E-state index < -0.39 is 10.0 Å². The SMILES string of the molecule is CS(=O)(=O)NCC1CCCN(c2ncnc3ccc(CC(=O)c4ccccn4)cc23)C1. The Morgan fingerprint density at radius 1 is 1.19 bits per heavy atom. The molecule has 3 aromatic rings. The van der Waals surface area contributed by atoms with Crippen LogP contribution in [0.25, 0.3) is 10.9 Å². The molecule has 0 bridgehead atoms. The zero-order valence-electron chi connectivity index (χ0n) is 17.4. The number of carbonyl (C=O) groups is 1. The summed E-state index contributed by atoms with van der Waals surface area (Å²) in [5, 5.41) is 0.894. The van der Waals surface area contributed by atoms with E-state index in [0.29, 0.717) is 18.8 Å². The number of carbonyl (C=O) groups excluding carboxylic acids is 1. The van der Waals surface area contributed by atoms with Crippen molar-refractivity contribution in [3.8, 4) is 0 Å². The van der Waals surface area contributed by atoms with Crippen molar-refractivity contribution in [2.45, 2.75) is 19.3 Å². The van der Waals surface area contributed by atoms with E-state index in [-0.39, 0.29) is 18.1 Å². The summed E-state index contributed by atoms with van der Waals surface area (Å²) in [5.41, 5.74) is 2.14. The first-order chi connectivity index (χ1) is 14.9. The number of aromatic nitrogens is 3. The Balaban J connectivity index is 1.56. The van der Waals surface area contributed by atoms with E-state index in [0.717, 1.165) is 41.7 Å². The molecule has 0 saturated carbocycles. The van der Waals surface area contributed by atoms with Crippen molar-refractivity contribution in [3.05, 3.63) is 60.2 Å². The molecular weight excluding hydrogens is 414 g/mol. The normalized spacial score (nSPS) is 17.1. The zero-order chi connectivity index (χ0) is 21.8. The van der Waals surface area contributed by atoms with Gasteiger partial charge in [0, 0.05) is 37.6 Å². The minimum absolute atomic E-state index is 0.0387. The number of rotatable bonds is 7. The van der Waals surface area contributed by atoms with E-state index in [4.69, 9.17) is 0 Å². The number of hydrogen-bond acceptors (Lipinski definition) is 7. The Morgan fingerprint density at radius 3 is 2.84 bits per heavy atom. The van der Waals surface area contributed by atoms with E-state index in [1.54, 1.807) is 30.7 Å². The molecule has 1 N–H and O–H groups in total. The van der Waals surface area contributed by atoms with Gasteiger partial charge in [-0.25, -0.2) is 23.1 Å². The first-order valence-electron chi connectivity index (χ1n) is 10.3. The van der Waals surface area contributed by atoms with Crippen LogP contribution in [0.3, 0.4) is 0 Å². The fraction of sp³-hybridized carbons (Fsp3) is 0.364. The van der Waals surface area contributed by atoms with Crippen LogP contribution in [0.5, 0.6) is 0 Å². The zero-order valence-corrected chi connectivity index (χ0v) is 18.2. The van der Waals surface area contributed by atoms with E-state index in [2.05, 4.69) is 24.6 Å². The van der Waals surface area contributed by atoms with Crippen LogP contribution >= 0.6 is 0 Å². The second kappa shape index (κ2) is 9.07. The number of fused-ring (bicyclic) bond motifs is 1. The number of piperidine rings is 1. The number of nitrogens with one attached hydrogen (secondary N) is 1. The summed E-state index contributed by atoms with van der Waals surface area (Å²) >= 11 is 0. The maximum absolute atomic E-state index is 12.6. The molecule has 3 heterocycles. The van der Waals surface area contributed by atoms with Crippen LogP contribution in [-0.2, 0) is 16.4 Å². The topological polar surface area (TPSA) is 105 Å². The number of pyridine rings is 1. The summed E-state index contributed by atoms with van der Waals surface area (Å²) in [6, 6.07) is 11.1. The first-order valence-corrected chi connectivity index (χ1v) is 12.2. The largest absolute Gasteiger partial charge is 0.356 e. The third-order valence-corrected chi connectivity index (χ3v) is 6.14. The van der Waals surface area contributed by atoms with Crippen molar-refractivity contribution >= 4 is 32.5 Å². The molecule has 1 aliphatic rings. The molecule has 162 valence electrons. The molecule has 9 heteroatoms. The third-order valence-electron chi connectivity index (χ3n) is 5.45. The summed E-state index contributed by atoms with van der Waals surface area (Å²) < 4.78 is 25.5. The van der Waals surface area contributed by atoms with Crippen LogP contribution < -0.4 is 9.62 Å². The quantitative estimate of drug-likeness (QED) is 0.563. The molecule has 8 nitrogen and oxygen atoms in total. The Hall–Kier alpha value is -2.91. The van der Waals surface area contributed by atoms with Crippen LogP contribution in [0.1, 0.15) is 28.9 Å². The summed E-state index contributed by atoms with van der Waals surface area (Å²) in [5.74, 6) is 0.992. The fourth-order valence-corrected chi connectivity index (χ4v) is 4.49. The lowest BCUT2D eigenvalue weighted by atomic mass is 9.97. The number of benzene rings is 1. The van der Waals surface area contributed by atoms with Gasteiger partial charge in [0.15, 0.2) is 5.78 Å². The molecule has 1 fully saturated rings. The summed E-state index contributed by atoms with van der Waals surface area (Å²) in [7, 11) is -3.21. The van der Waals surface area contributed by atoms with Crippen molar-refractivity contribution < 1.29 is 13.2 Å². The molecule has 1 saturated heterocycles. The number of anilines is 1. The number of ketones is 1. The maximum Gasteiger partial charge on any atom is 0.208 e. The lowest BCUT2D eigenvalue weighted by molar-refractivity contribution is 0.0988.